The summed E-state index contributed by atoms with van der Waals surface area (Å²) in [6.07, 6.45) is 0. The van der Waals surface area contributed by atoms with E-state index in [9.17, 15) is 13.6 Å². The topological polar surface area (TPSA) is 41.1 Å². The standard InChI is InChI=1S/C11H14F2N2O/c1-7-5-10(13)11(6-9(7)12)15-4-3-14-8(2)16/h5-6,15H,3-4H2,1-2H3,(H,14,16). The van der Waals surface area contributed by atoms with Crippen LogP contribution < -0.4 is 10.6 Å². The van der Waals surface area contributed by atoms with Crippen LogP contribution in [0.3, 0.4) is 0 Å². The van der Waals surface area contributed by atoms with E-state index in [2.05, 4.69) is 10.6 Å². The first-order chi connectivity index (χ1) is 7.50. The van der Waals surface area contributed by atoms with Gasteiger partial charge in [0.1, 0.15) is 11.6 Å². The molecule has 0 saturated heterocycles. The molecule has 0 bridgehead atoms. The summed E-state index contributed by atoms with van der Waals surface area (Å²) in [4.78, 5) is 10.5. The zero-order valence-corrected chi connectivity index (χ0v) is 9.23. The minimum Gasteiger partial charge on any atom is -0.381 e. The van der Waals surface area contributed by atoms with Crippen molar-refractivity contribution in [2.24, 2.45) is 0 Å². The summed E-state index contributed by atoms with van der Waals surface area (Å²) in [6, 6.07) is 2.24. The molecule has 1 amide bonds. The van der Waals surface area contributed by atoms with Crippen LogP contribution in [-0.2, 0) is 4.79 Å². The average Bonchev–Trinajstić information content (AvgIpc) is 2.19. The van der Waals surface area contributed by atoms with Gasteiger partial charge in [-0.3, -0.25) is 4.79 Å². The van der Waals surface area contributed by atoms with Crippen molar-refractivity contribution in [1.29, 1.82) is 0 Å². The van der Waals surface area contributed by atoms with Gasteiger partial charge >= 0.3 is 0 Å². The molecule has 16 heavy (non-hydrogen) atoms. The number of hydrogen-bond acceptors (Lipinski definition) is 2. The third-order valence-electron chi connectivity index (χ3n) is 2.06. The molecule has 0 fully saturated rings. The number of nitrogens with one attached hydrogen (secondary N) is 2. The van der Waals surface area contributed by atoms with Gasteiger partial charge in [0.2, 0.25) is 5.91 Å². The first-order valence-corrected chi connectivity index (χ1v) is 4.94. The van der Waals surface area contributed by atoms with Gasteiger partial charge in [0.25, 0.3) is 0 Å². The lowest BCUT2D eigenvalue weighted by Gasteiger charge is -2.09. The van der Waals surface area contributed by atoms with Gasteiger partial charge in [0.15, 0.2) is 0 Å². The fourth-order valence-electron chi connectivity index (χ4n) is 1.22. The highest BCUT2D eigenvalue weighted by atomic mass is 19.1. The largest absolute Gasteiger partial charge is 0.381 e. The maximum atomic E-state index is 13.3. The first-order valence-electron chi connectivity index (χ1n) is 4.94. The summed E-state index contributed by atoms with van der Waals surface area (Å²) in [5, 5.41) is 5.25. The molecule has 3 nitrogen and oxygen atoms in total. The number of carbonyl (C=O) groups is 1. The Labute approximate surface area is 92.8 Å². The fraction of sp³-hybridized carbons (Fsp3) is 0.364. The van der Waals surface area contributed by atoms with Gasteiger partial charge in [-0.2, -0.15) is 0 Å². The molecule has 5 heteroatoms. The van der Waals surface area contributed by atoms with Crippen molar-refractivity contribution in [3.63, 3.8) is 0 Å². The van der Waals surface area contributed by atoms with E-state index in [0.29, 0.717) is 13.1 Å². The third-order valence-corrected chi connectivity index (χ3v) is 2.06. The van der Waals surface area contributed by atoms with Crippen LogP contribution in [0.2, 0.25) is 0 Å². The maximum absolute atomic E-state index is 13.3. The molecule has 0 atom stereocenters. The Hall–Kier alpha value is -1.65. The Morgan fingerprint density at radius 1 is 1.25 bits per heavy atom. The molecule has 0 aromatic heterocycles. The molecule has 0 radical (unpaired) electrons. The third kappa shape index (κ3) is 3.49. The van der Waals surface area contributed by atoms with Crippen LogP contribution in [0, 0.1) is 18.6 Å². The molecule has 1 aromatic rings. The highest BCUT2D eigenvalue weighted by Gasteiger charge is 2.06. The molecule has 0 unspecified atom stereocenters. The second-order valence-electron chi connectivity index (χ2n) is 3.49. The van der Waals surface area contributed by atoms with Crippen molar-refractivity contribution in [1.82, 2.24) is 5.32 Å². The van der Waals surface area contributed by atoms with Crippen molar-refractivity contribution < 1.29 is 13.6 Å². The molecule has 2 N–H and O–H groups in total. The van der Waals surface area contributed by atoms with Crippen molar-refractivity contribution in [2.45, 2.75) is 13.8 Å². The van der Waals surface area contributed by atoms with Crippen molar-refractivity contribution in [3.05, 3.63) is 29.3 Å². The lowest BCUT2D eigenvalue weighted by atomic mass is 10.2. The van der Waals surface area contributed by atoms with Crippen molar-refractivity contribution in [2.75, 3.05) is 18.4 Å². The minimum atomic E-state index is -0.498. The molecule has 0 spiro atoms. The lowest BCUT2D eigenvalue weighted by Crippen LogP contribution is -2.26. The number of amides is 1. The van der Waals surface area contributed by atoms with Gasteiger partial charge in [-0.15, -0.1) is 0 Å². The van der Waals surface area contributed by atoms with E-state index in [1.165, 1.54) is 13.8 Å². The van der Waals surface area contributed by atoms with Crippen LogP contribution in [0.4, 0.5) is 14.5 Å². The zero-order valence-electron chi connectivity index (χ0n) is 9.23. The van der Waals surface area contributed by atoms with Gasteiger partial charge in [-0.05, 0) is 18.6 Å². The molecule has 88 valence electrons. The second kappa shape index (κ2) is 5.44. The number of halogens is 2. The molecule has 0 aliphatic carbocycles. The smallest absolute Gasteiger partial charge is 0.216 e. The molecule has 0 aliphatic rings. The van der Waals surface area contributed by atoms with Crippen molar-refractivity contribution >= 4 is 11.6 Å². The average molecular weight is 228 g/mol. The van der Waals surface area contributed by atoms with Gasteiger partial charge in [-0.25, -0.2) is 8.78 Å². The summed E-state index contributed by atoms with van der Waals surface area (Å²) < 4.78 is 26.4. The Bertz CT molecular complexity index is 394. The molecule has 0 saturated carbocycles. The predicted molar refractivity (Wildman–Crippen MR) is 58.3 cm³/mol. The van der Waals surface area contributed by atoms with E-state index >= 15 is 0 Å². The Balaban J connectivity index is 2.54. The summed E-state index contributed by atoms with van der Waals surface area (Å²) in [5.74, 6) is -1.11. The summed E-state index contributed by atoms with van der Waals surface area (Å²) in [6.45, 7) is 3.61. The van der Waals surface area contributed by atoms with Crippen LogP contribution in [-0.4, -0.2) is 19.0 Å². The van der Waals surface area contributed by atoms with E-state index in [0.717, 1.165) is 12.1 Å². The van der Waals surface area contributed by atoms with Gasteiger partial charge < -0.3 is 10.6 Å². The molecular weight excluding hydrogens is 214 g/mol. The monoisotopic (exact) mass is 228 g/mol. The highest BCUT2D eigenvalue weighted by Crippen LogP contribution is 2.18. The SMILES string of the molecule is CC(=O)NCCNc1cc(F)c(C)cc1F. The normalized spacial score (nSPS) is 10.0. The van der Waals surface area contributed by atoms with E-state index in [1.54, 1.807) is 0 Å². The van der Waals surface area contributed by atoms with E-state index in [4.69, 9.17) is 0 Å². The summed E-state index contributed by atoms with van der Waals surface area (Å²) in [7, 11) is 0. The van der Waals surface area contributed by atoms with Crippen LogP contribution in [0.1, 0.15) is 12.5 Å². The second-order valence-corrected chi connectivity index (χ2v) is 3.49. The predicted octanol–water partition coefficient (Wildman–Crippen LogP) is 1.82. The van der Waals surface area contributed by atoms with E-state index < -0.39 is 11.6 Å². The number of hydrogen-bond donors (Lipinski definition) is 2. The Morgan fingerprint density at radius 3 is 2.56 bits per heavy atom. The first kappa shape index (κ1) is 12.4. The molecule has 1 rings (SSSR count). The van der Waals surface area contributed by atoms with Crippen LogP contribution in [0.15, 0.2) is 12.1 Å². The maximum Gasteiger partial charge on any atom is 0.216 e. The quantitative estimate of drug-likeness (QED) is 0.772. The van der Waals surface area contributed by atoms with Crippen LogP contribution in [0.5, 0.6) is 0 Å². The van der Waals surface area contributed by atoms with Crippen LogP contribution in [0.25, 0.3) is 0 Å². The number of benzene rings is 1. The highest BCUT2D eigenvalue weighted by molar-refractivity contribution is 5.72. The van der Waals surface area contributed by atoms with Crippen molar-refractivity contribution in [3.8, 4) is 0 Å². The van der Waals surface area contributed by atoms with Gasteiger partial charge in [-0.1, -0.05) is 0 Å². The molecular formula is C11H14F2N2O. The number of carbonyl (C=O) groups excluding carboxylic acids is 1. The lowest BCUT2D eigenvalue weighted by molar-refractivity contribution is -0.118. The van der Waals surface area contributed by atoms with Gasteiger partial charge in [0, 0.05) is 26.1 Å². The minimum absolute atomic E-state index is 0.105. The number of anilines is 1. The number of rotatable bonds is 4. The molecule has 0 heterocycles. The van der Waals surface area contributed by atoms with Gasteiger partial charge in [0.05, 0.1) is 5.69 Å². The fourth-order valence-corrected chi connectivity index (χ4v) is 1.22. The molecule has 0 aliphatic heterocycles. The Kier molecular flexibility index (Phi) is 4.22. The van der Waals surface area contributed by atoms with Crippen LogP contribution >= 0.6 is 0 Å². The number of aryl methyl sites for hydroxylation is 1. The summed E-state index contributed by atoms with van der Waals surface area (Å²) in [5.41, 5.74) is 0.373. The van der Waals surface area contributed by atoms with E-state index in [1.807, 2.05) is 0 Å². The molecule has 1 aromatic carbocycles. The summed E-state index contributed by atoms with van der Waals surface area (Å²) >= 11 is 0. The van der Waals surface area contributed by atoms with E-state index in [-0.39, 0.29) is 17.2 Å². The Morgan fingerprint density at radius 2 is 1.94 bits per heavy atom. The zero-order chi connectivity index (χ0) is 12.1.